The van der Waals surface area contributed by atoms with Gasteiger partial charge < -0.3 is 15.0 Å². The predicted molar refractivity (Wildman–Crippen MR) is 66.3 cm³/mol. The molecule has 1 N–H and O–H groups in total. The highest BCUT2D eigenvalue weighted by atomic mass is 16.5. The van der Waals surface area contributed by atoms with Crippen molar-refractivity contribution in [2.45, 2.75) is 27.7 Å². The minimum absolute atomic E-state index is 0.333. The molecule has 0 aliphatic heterocycles. The molecule has 15 heavy (non-hydrogen) atoms. The highest BCUT2D eigenvalue weighted by Crippen LogP contribution is 2.15. The highest BCUT2D eigenvalue weighted by Gasteiger charge is 2.20. The topological polar surface area (TPSA) is 24.5 Å². The zero-order valence-electron chi connectivity index (χ0n) is 11.1. The van der Waals surface area contributed by atoms with Crippen LogP contribution in [0.25, 0.3) is 0 Å². The van der Waals surface area contributed by atoms with Gasteiger partial charge in [0.1, 0.15) is 0 Å². The van der Waals surface area contributed by atoms with E-state index in [4.69, 9.17) is 4.74 Å². The van der Waals surface area contributed by atoms with Crippen LogP contribution in [0.4, 0.5) is 0 Å². The Kier molecular flexibility index (Phi) is 8.02. The molecule has 0 aromatic rings. The fourth-order valence-electron chi connectivity index (χ4n) is 1.69. The third kappa shape index (κ3) is 7.77. The lowest BCUT2D eigenvalue weighted by molar-refractivity contribution is 0.121. The van der Waals surface area contributed by atoms with Gasteiger partial charge in [0.25, 0.3) is 0 Å². The molecule has 0 saturated carbocycles. The van der Waals surface area contributed by atoms with Gasteiger partial charge in [-0.25, -0.2) is 0 Å². The second kappa shape index (κ2) is 8.08. The first-order valence-electron chi connectivity index (χ1n) is 5.97. The summed E-state index contributed by atoms with van der Waals surface area (Å²) >= 11 is 0. The Morgan fingerprint density at radius 1 is 1.27 bits per heavy atom. The monoisotopic (exact) mass is 216 g/mol. The lowest BCUT2D eigenvalue weighted by atomic mass is 9.92. The summed E-state index contributed by atoms with van der Waals surface area (Å²) in [5, 5.41) is 3.42. The van der Waals surface area contributed by atoms with E-state index in [-0.39, 0.29) is 0 Å². The van der Waals surface area contributed by atoms with Crippen LogP contribution in [0.2, 0.25) is 0 Å². The zero-order chi connectivity index (χ0) is 11.7. The fourth-order valence-corrected chi connectivity index (χ4v) is 1.69. The summed E-state index contributed by atoms with van der Waals surface area (Å²) in [6.45, 7) is 15.2. The Hall–Kier alpha value is -0.120. The summed E-state index contributed by atoms with van der Waals surface area (Å²) in [4.78, 5) is 2.45. The molecule has 0 saturated heterocycles. The normalized spacial score (nSPS) is 12.4. The average molecular weight is 216 g/mol. The van der Waals surface area contributed by atoms with Crippen LogP contribution in [0.5, 0.6) is 0 Å². The third-order valence-electron chi connectivity index (χ3n) is 2.56. The van der Waals surface area contributed by atoms with Crippen molar-refractivity contribution in [3.05, 3.63) is 0 Å². The Morgan fingerprint density at radius 3 is 2.40 bits per heavy atom. The molecular weight excluding hydrogens is 188 g/mol. The quantitative estimate of drug-likeness (QED) is 0.633. The van der Waals surface area contributed by atoms with Crippen molar-refractivity contribution in [2.75, 3.05) is 46.4 Å². The fraction of sp³-hybridized carbons (Fsp3) is 1.00. The van der Waals surface area contributed by atoms with Crippen LogP contribution in [0.3, 0.4) is 0 Å². The van der Waals surface area contributed by atoms with Crippen LogP contribution in [-0.2, 0) is 4.74 Å². The second-order valence-electron chi connectivity index (χ2n) is 4.81. The predicted octanol–water partition coefficient (Wildman–Crippen LogP) is 1.59. The molecule has 3 heteroatoms. The molecule has 0 spiro atoms. The van der Waals surface area contributed by atoms with Crippen LogP contribution in [-0.4, -0.2) is 51.3 Å². The molecule has 0 aromatic heterocycles. The minimum Gasteiger partial charge on any atom is -0.383 e. The maximum Gasteiger partial charge on any atom is 0.0589 e. The Bertz CT molecular complexity index is 149. The SMILES string of the molecule is CCNCC(C)(C)CN(CC)CCOC. The summed E-state index contributed by atoms with van der Waals surface area (Å²) in [6, 6.07) is 0. The maximum atomic E-state index is 5.11. The van der Waals surface area contributed by atoms with Crippen LogP contribution in [0.1, 0.15) is 27.7 Å². The lowest BCUT2D eigenvalue weighted by Crippen LogP contribution is -2.41. The third-order valence-corrected chi connectivity index (χ3v) is 2.56. The van der Waals surface area contributed by atoms with Crippen molar-refractivity contribution in [2.24, 2.45) is 5.41 Å². The molecule has 0 aliphatic carbocycles. The zero-order valence-corrected chi connectivity index (χ0v) is 11.1. The average Bonchev–Trinajstić information content (AvgIpc) is 2.21. The van der Waals surface area contributed by atoms with Crippen LogP contribution in [0.15, 0.2) is 0 Å². The van der Waals surface area contributed by atoms with E-state index in [1.165, 1.54) is 0 Å². The molecule has 0 atom stereocenters. The molecular formula is C12H28N2O. The molecule has 0 fully saturated rings. The number of nitrogens with zero attached hydrogens (tertiary/aromatic N) is 1. The van der Waals surface area contributed by atoms with E-state index in [0.29, 0.717) is 5.41 Å². The second-order valence-corrected chi connectivity index (χ2v) is 4.81. The molecule has 0 rings (SSSR count). The standard InChI is InChI=1S/C12H28N2O/c1-6-13-10-12(3,4)11-14(7-2)8-9-15-5/h13H,6-11H2,1-5H3. The number of hydrogen-bond acceptors (Lipinski definition) is 3. The Morgan fingerprint density at radius 2 is 1.93 bits per heavy atom. The highest BCUT2D eigenvalue weighted by molar-refractivity contribution is 4.75. The number of likely N-dealkylation sites (N-methyl/N-ethyl adjacent to an activating group) is 1. The van der Waals surface area contributed by atoms with Gasteiger partial charge in [0.05, 0.1) is 6.61 Å². The van der Waals surface area contributed by atoms with Crippen molar-refractivity contribution in [1.29, 1.82) is 0 Å². The van der Waals surface area contributed by atoms with Gasteiger partial charge in [-0.1, -0.05) is 27.7 Å². The first-order chi connectivity index (χ1) is 7.05. The van der Waals surface area contributed by atoms with Crippen molar-refractivity contribution >= 4 is 0 Å². The largest absolute Gasteiger partial charge is 0.383 e. The van der Waals surface area contributed by atoms with Crippen molar-refractivity contribution in [3.8, 4) is 0 Å². The first-order valence-corrected chi connectivity index (χ1v) is 5.97. The van der Waals surface area contributed by atoms with Crippen molar-refractivity contribution in [3.63, 3.8) is 0 Å². The van der Waals surface area contributed by atoms with Crippen LogP contribution < -0.4 is 5.32 Å². The maximum absolute atomic E-state index is 5.11. The smallest absolute Gasteiger partial charge is 0.0589 e. The van der Waals surface area contributed by atoms with E-state index in [0.717, 1.165) is 39.3 Å². The summed E-state index contributed by atoms with van der Waals surface area (Å²) in [5.41, 5.74) is 0.333. The number of hydrogen-bond donors (Lipinski definition) is 1. The number of methoxy groups -OCH3 is 1. The molecule has 0 amide bonds. The van der Waals surface area contributed by atoms with Crippen molar-refractivity contribution < 1.29 is 4.74 Å². The van der Waals surface area contributed by atoms with Gasteiger partial charge >= 0.3 is 0 Å². The van der Waals surface area contributed by atoms with Gasteiger partial charge in [0.15, 0.2) is 0 Å². The van der Waals surface area contributed by atoms with E-state index < -0.39 is 0 Å². The molecule has 92 valence electrons. The van der Waals surface area contributed by atoms with Crippen LogP contribution in [0, 0.1) is 5.41 Å². The number of ether oxygens (including phenoxy) is 1. The van der Waals surface area contributed by atoms with E-state index in [9.17, 15) is 0 Å². The van der Waals surface area contributed by atoms with Crippen molar-refractivity contribution in [1.82, 2.24) is 10.2 Å². The minimum atomic E-state index is 0.333. The van der Waals surface area contributed by atoms with Gasteiger partial charge in [0, 0.05) is 26.7 Å². The molecule has 0 radical (unpaired) electrons. The van der Waals surface area contributed by atoms with Gasteiger partial charge in [-0.15, -0.1) is 0 Å². The Balaban J connectivity index is 3.90. The van der Waals surface area contributed by atoms with Crippen LogP contribution >= 0.6 is 0 Å². The molecule has 0 aliphatic rings. The summed E-state index contributed by atoms with van der Waals surface area (Å²) in [6.07, 6.45) is 0. The molecule has 0 unspecified atom stereocenters. The summed E-state index contributed by atoms with van der Waals surface area (Å²) in [7, 11) is 1.76. The van der Waals surface area contributed by atoms with Gasteiger partial charge in [-0.3, -0.25) is 0 Å². The van der Waals surface area contributed by atoms with E-state index >= 15 is 0 Å². The first kappa shape index (κ1) is 14.9. The molecule has 3 nitrogen and oxygen atoms in total. The molecule has 0 heterocycles. The van der Waals surface area contributed by atoms with E-state index in [2.05, 4.69) is 37.9 Å². The number of nitrogens with one attached hydrogen (secondary N) is 1. The summed E-state index contributed by atoms with van der Waals surface area (Å²) < 4.78 is 5.11. The Labute approximate surface area is 95.2 Å². The van der Waals surface area contributed by atoms with E-state index in [1.807, 2.05) is 0 Å². The number of rotatable bonds is 9. The van der Waals surface area contributed by atoms with E-state index in [1.54, 1.807) is 7.11 Å². The molecule has 0 bridgehead atoms. The van der Waals surface area contributed by atoms with Gasteiger partial charge in [-0.2, -0.15) is 0 Å². The summed E-state index contributed by atoms with van der Waals surface area (Å²) in [5.74, 6) is 0. The lowest BCUT2D eigenvalue weighted by Gasteiger charge is -2.32. The van der Waals surface area contributed by atoms with Gasteiger partial charge in [0.2, 0.25) is 0 Å². The molecule has 0 aromatic carbocycles. The van der Waals surface area contributed by atoms with Gasteiger partial charge in [-0.05, 0) is 18.5 Å².